The average Bonchev–Trinajstić information content (AvgIpc) is 2.48. The molecule has 0 nitrogen and oxygen atoms in total. The first kappa shape index (κ1) is 19.0. The van der Waals surface area contributed by atoms with E-state index >= 15 is 0 Å². The molecule has 2 saturated carbocycles. The van der Waals surface area contributed by atoms with Crippen molar-refractivity contribution in [1.29, 1.82) is 0 Å². The molecule has 1 atom stereocenters. The Kier molecular flexibility index (Phi) is 9.69. The molecule has 0 amide bonds. The molecule has 0 saturated heterocycles. The lowest BCUT2D eigenvalue weighted by Gasteiger charge is -2.30. The van der Waals surface area contributed by atoms with Crippen molar-refractivity contribution in [2.75, 3.05) is 0 Å². The van der Waals surface area contributed by atoms with Gasteiger partial charge in [-0.05, 0) is 36.0 Å². The van der Waals surface area contributed by atoms with Gasteiger partial charge in [0.1, 0.15) is 0 Å². The summed E-state index contributed by atoms with van der Waals surface area (Å²) in [5, 5.41) is 0. The van der Waals surface area contributed by atoms with Crippen molar-refractivity contribution < 1.29 is 0 Å². The fourth-order valence-corrected chi connectivity index (χ4v) is 4.29. The minimum atomic E-state index is 0.887. The standard InChI is InChI=1S/C11H22.C10H20/c1-9(2)10(3)11-7-5-4-6-8-11;1-9(2)8-10-6-4-3-5-7-10/h9-11H,4-8H2,1-3H3;9-10H,3-8H2,1-2H3. The van der Waals surface area contributed by atoms with Crippen LogP contribution in [-0.4, -0.2) is 0 Å². The van der Waals surface area contributed by atoms with Crippen molar-refractivity contribution in [2.45, 2.75) is 105 Å². The Morgan fingerprint density at radius 3 is 1.57 bits per heavy atom. The van der Waals surface area contributed by atoms with E-state index in [1.165, 1.54) is 70.6 Å². The van der Waals surface area contributed by atoms with Gasteiger partial charge in [0.25, 0.3) is 0 Å². The maximum atomic E-state index is 2.43. The Morgan fingerprint density at radius 2 is 1.14 bits per heavy atom. The molecule has 2 fully saturated rings. The van der Waals surface area contributed by atoms with Crippen molar-refractivity contribution in [3.63, 3.8) is 0 Å². The van der Waals surface area contributed by atoms with E-state index in [1.807, 2.05) is 0 Å². The van der Waals surface area contributed by atoms with Gasteiger partial charge in [0.15, 0.2) is 0 Å². The Bertz CT molecular complexity index is 228. The van der Waals surface area contributed by atoms with Crippen LogP contribution in [0.4, 0.5) is 0 Å². The molecule has 0 aromatic heterocycles. The second kappa shape index (κ2) is 10.7. The summed E-state index contributed by atoms with van der Waals surface area (Å²) in [7, 11) is 0. The summed E-state index contributed by atoms with van der Waals surface area (Å²) in [5.41, 5.74) is 0. The van der Waals surface area contributed by atoms with Crippen molar-refractivity contribution in [3.8, 4) is 0 Å². The molecular weight excluding hydrogens is 252 g/mol. The maximum absolute atomic E-state index is 2.43. The lowest BCUT2D eigenvalue weighted by molar-refractivity contribution is 0.213. The molecule has 0 heterocycles. The Balaban J connectivity index is 0.000000211. The van der Waals surface area contributed by atoms with Crippen LogP contribution in [0.2, 0.25) is 0 Å². The summed E-state index contributed by atoms with van der Waals surface area (Å²) in [6, 6.07) is 0. The predicted molar refractivity (Wildman–Crippen MR) is 96.6 cm³/mol. The minimum Gasteiger partial charge on any atom is -0.0628 e. The maximum Gasteiger partial charge on any atom is -0.0386 e. The van der Waals surface area contributed by atoms with E-state index in [0.29, 0.717) is 0 Å². The molecule has 0 heteroatoms. The molecule has 0 N–H and O–H groups in total. The van der Waals surface area contributed by atoms with Crippen LogP contribution in [0.15, 0.2) is 0 Å². The van der Waals surface area contributed by atoms with E-state index in [1.54, 1.807) is 0 Å². The fraction of sp³-hybridized carbons (Fsp3) is 1.00. The van der Waals surface area contributed by atoms with Gasteiger partial charge in [-0.25, -0.2) is 0 Å². The molecule has 126 valence electrons. The lowest BCUT2D eigenvalue weighted by atomic mass is 9.76. The number of hydrogen-bond acceptors (Lipinski definition) is 0. The molecule has 21 heavy (non-hydrogen) atoms. The monoisotopic (exact) mass is 294 g/mol. The molecule has 0 spiro atoms. The highest BCUT2D eigenvalue weighted by molar-refractivity contribution is 4.72. The number of rotatable bonds is 4. The van der Waals surface area contributed by atoms with Crippen molar-refractivity contribution in [2.24, 2.45) is 29.6 Å². The average molecular weight is 295 g/mol. The molecule has 0 bridgehead atoms. The topological polar surface area (TPSA) is 0 Å². The van der Waals surface area contributed by atoms with Gasteiger partial charge in [0.05, 0.1) is 0 Å². The third-order valence-electron chi connectivity index (χ3n) is 5.97. The lowest BCUT2D eigenvalue weighted by Crippen LogP contribution is -2.19. The number of hydrogen-bond donors (Lipinski definition) is 0. The minimum absolute atomic E-state index is 0.887. The first-order chi connectivity index (χ1) is 10.0. The molecule has 2 aliphatic carbocycles. The molecule has 2 aliphatic rings. The van der Waals surface area contributed by atoms with Crippen LogP contribution in [0.3, 0.4) is 0 Å². The normalized spacial score (nSPS) is 23.0. The Morgan fingerprint density at radius 1 is 0.667 bits per heavy atom. The molecule has 0 aliphatic heterocycles. The van der Waals surface area contributed by atoms with Gasteiger partial charge >= 0.3 is 0 Å². The largest absolute Gasteiger partial charge is 0.0628 e. The zero-order valence-corrected chi connectivity index (χ0v) is 15.7. The third kappa shape index (κ3) is 8.27. The van der Waals surface area contributed by atoms with Gasteiger partial charge in [0.2, 0.25) is 0 Å². The van der Waals surface area contributed by atoms with Gasteiger partial charge in [-0.1, -0.05) is 98.8 Å². The van der Waals surface area contributed by atoms with Crippen LogP contribution in [-0.2, 0) is 0 Å². The molecule has 0 radical (unpaired) electrons. The molecule has 1 unspecified atom stereocenters. The van der Waals surface area contributed by atoms with Crippen LogP contribution in [0.25, 0.3) is 0 Å². The fourth-order valence-electron chi connectivity index (χ4n) is 4.29. The predicted octanol–water partition coefficient (Wildman–Crippen LogP) is 7.47. The van der Waals surface area contributed by atoms with Gasteiger partial charge in [-0.15, -0.1) is 0 Å². The van der Waals surface area contributed by atoms with Gasteiger partial charge in [-0.2, -0.15) is 0 Å². The molecule has 0 aromatic rings. The van der Waals surface area contributed by atoms with Crippen molar-refractivity contribution >= 4 is 0 Å². The summed E-state index contributed by atoms with van der Waals surface area (Å²) in [4.78, 5) is 0. The highest BCUT2D eigenvalue weighted by Gasteiger charge is 2.21. The summed E-state index contributed by atoms with van der Waals surface area (Å²) in [6.07, 6.45) is 16.4. The summed E-state index contributed by atoms with van der Waals surface area (Å²) < 4.78 is 0. The first-order valence-corrected chi connectivity index (χ1v) is 10.0. The Labute approximate surface area is 135 Å². The van der Waals surface area contributed by atoms with Crippen LogP contribution < -0.4 is 0 Å². The van der Waals surface area contributed by atoms with Gasteiger partial charge in [-0.3, -0.25) is 0 Å². The van der Waals surface area contributed by atoms with Crippen LogP contribution >= 0.6 is 0 Å². The summed E-state index contributed by atoms with van der Waals surface area (Å²) >= 11 is 0. The van der Waals surface area contributed by atoms with Gasteiger partial charge < -0.3 is 0 Å². The Hall–Kier alpha value is 0. The van der Waals surface area contributed by atoms with E-state index in [4.69, 9.17) is 0 Å². The third-order valence-corrected chi connectivity index (χ3v) is 5.97. The van der Waals surface area contributed by atoms with Crippen molar-refractivity contribution in [1.82, 2.24) is 0 Å². The van der Waals surface area contributed by atoms with Crippen LogP contribution in [0.5, 0.6) is 0 Å². The highest BCUT2D eigenvalue weighted by Crippen LogP contribution is 2.33. The molecule has 0 aromatic carbocycles. The van der Waals surface area contributed by atoms with E-state index < -0.39 is 0 Å². The van der Waals surface area contributed by atoms with Crippen LogP contribution in [0.1, 0.15) is 105 Å². The van der Waals surface area contributed by atoms with E-state index in [9.17, 15) is 0 Å². The van der Waals surface area contributed by atoms with E-state index in [0.717, 1.165) is 29.6 Å². The second-order valence-corrected chi connectivity index (χ2v) is 8.63. The van der Waals surface area contributed by atoms with Crippen LogP contribution in [0, 0.1) is 29.6 Å². The van der Waals surface area contributed by atoms with Gasteiger partial charge in [0, 0.05) is 0 Å². The SMILES string of the molecule is CC(C)C(C)C1CCCCC1.CC(C)CC1CCCCC1. The summed E-state index contributed by atoms with van der Waals surface area (Å²) in [5.74, 6) is 4.88. The smallest absolute Gasteiger partial charge is 0.0386 e. The first-order valence-electron chi connectivity index (χ1n) is 10.0. The summed E-state index contributed by atoms with van der Waals surface area (Å²) in [6.45, 7) is 11.8. The molecular formula is C21H42. The van der Waals surface area contributed by atoms with E-state index in [-0.39, 0.29) is 0 Å². The van der Waals surface area contributed by atoms with E-state index in [2.05, 4.69) is 34.6 Å². The highest BCUT2D eigenvalue weighted by atomic mass is 14.3. The van der Waals surface area contributed by atoms with Crippen molar-refractivity contribution in [3.05, 3.63) is 0 Å². The molecule has 2 rings (SSSR count). The quantitative estimate of drug-likeness (QED) is 0.504. The second-order valence-electron chi connectivity index (χ2n) is 8.63. The zero-order valence-electron chi connectivity index (χ0n) is 15.7. The zero-order chi connectivity index (χ0) is 15.7.